The average Bonchev–Trinajstić information content (AvgIpc) is 2.63. The largest absolute Gasteiger partial charge is 0.494 e. The van der Waals surface area contributed by atoms with Crippen LogP contribution in [-0.4, -0.2) is 25.1 Å². The fraction of sp³-hybridized carbons (Fsp3) is 0.158. The monoisotopic (exact) mass is 393 g/mol. The van der Waals surface area contributed by atoms with Gasteiger partial charge in [-0.15, -0.1) is 0 Å². The lowest BCUT2D eigenvalue weighted by molar-refractivity contribution is -0.142. The van der Waals surface area contributed by atoms with E-state index >= 15 is 0 Å². The molecule has 0 aliphatic heterocycles. The molecule has 0 aliphatic rings. The molecule has 0 atom stereocenters. The Morgan fingerprint density at radius 1 is 1.08 bits per heavy atom. The van der Waals surface area contributed by atoms with Crippen LogP contribution in [0.4, 0.5) is 5.69 Å². The van der Waals surface area contributed by atoms with E-state index in [0.29, 0.717) is 16.7 Å². The van der Waals surface area contributed by atoms with Crippen molar-refractivity contribution in [2.75, 3.05) is 18.5 Å². The molecule has 0 aliphatic carbocycles. The van der Waals surface area contributed by atoms with Crippen molar-refractivity contribution >= 4 is 46.8 Å². The number of hydrogen-bond acceptors (Lipinski definition) is 4. The Morgan fingerprint density at radius 3 is 2.35 bits per heavy atom. The van der Waals surface area contributed by atoms with Gasteiger partial charge in [0.2, 0.25) is 0 Å². The lowest BCUT2D eigenvalue weighted by atomic mass is 10.2. The molecule has 0 saturated heterocycles. The molecule has 0 heterocycles. The van der Waals surface area contributed by atoms with Crippen LogP contribution in [0.2, 0.25) is 10.0 Å². The minimum absolute atomic E-state index is 0.279. The first-order valence-corrected chi connectivity index (χ1v) is 8.56. The summed E-state index contributed by atoms with van der Waals surface area (Å²) in [6.45, 7) is 2.04. The first-order chi connectivity index (χ1) is 12.5. The van der Waals surface area contributed by atoms with Crippen LogP contribution in [0.1, 0.15) is 12.5 Å². The molecule has 136 valence electrons. The maximum absolute atomic E-state index is 11.9. The second-order valence-electron chi connectivity index (χ2n) is 5.09. The molecular formula is C19H17Cl2NO4. The highest BCUT2D eigenvalue weighted by Crippen LogP contribution is 2.29. The molecule has 0 aromatic heterocycles. The zero-order valence-electron chi connectivity index (χ0n) is 14.0. The number of hydrogen-bond donors (Lipinski definition) is 1. The Bertz CT molecular complexity index is 783. The van der Waals surface area contributed by atoms with E-state index in [1.165, 1.54) is 6.08 Å². The summed E-state index contributed by atoms with van der Waals surface area (Å²) in [6.07, 6.45) is 2.83. The Balaban J connectivity index is 1.83. The molecule has 1 N–H and O–H groups in total. The van der Waals surface area contributed by atoms with Crippen LogP contribution in [-0.2, 0) is 14.3 Å². The van der Waals surface area contributed by atoms with E-state index in [-0.39, 0.29) is 5.69 Å². The van der Waals surface area contributed by atoms with Gasteiger partial charge in [-0.3, -0.25) is 4.79 Å². The number of benzene rings is 2. The van der Waals surface area contributed by atoms with Gasteiger partial charge in [-0.1, -0.05) is 41.4 Å². The van der Waals surface area contributed by atoms with E-state index in [2.05, 4.69) is 5.32 Å². The van der Waals surface area contributed by atoms with Gasteiger partial charge in [0.1, 0.15) is 5.75 Å². The van der Waals surface area contributed by atoms with Crippen LogP contribution in [0.3, 0.4) is 0 Å². The Kier molecular flexibility index (Phi) is 7.51. The van der Waals surface area contributed by atoms with Crippen molar-refractivity contribution in [1.29, 1.82) is 0 Å². The second kappa shape index (κ2) is 9.85. The number of nitrogens with one attached hydrogen (secondary N) is 1. The van der Waals surface area contributed by atoms with Gasteiger partial charge in [0, 0.05) is 6.08 Å². The third-order valence-corrected chi connectivity index (χ3v) is 3.81. The molecular weight excluding hydrogens is 377 g/mol. The van der Waals surface area contributed by atoms with Gasteiger partial charge in [0.15, 0.2) is 6.61 Å². The van der Waals surface area contributed by atoms with E-state index < -0.39 is 18.5 Å². The highest BCUT2D eigenvalue weighted by molar-refractivity contribution is 6.39. The van der Waals surface area contributed by atoms with Crippen molar-refractivity contribution in [2.24, 2.45) is 0 Å². The molecule has 0 unspecified atom stereocenters. The number of esters is 1. The molecule has 0 bridgehead atoms. The fourth-order valence-corrected chi connectivity index (χ4v) is 2.48. The fourth-order valence-electron chi connectivity index (χ4n) is 1.98. The molecule has 5 nitrogen and oxygen atoms in total. The Labute approximate surface area is 161 Å². The molecule has 26 heavy (non-hydrogen) atoms. The summed E-state index contributed by atoms with van der Waals surface area (Å²) in [5.74, 6) is -0.427. The predicted molar refractivity (Wildman–Crippen MR) is 103 cm³/mol. The number of carbonyl (C=O) groups is 2. The Morgan fingerprint density at radius 2 is 1.73 bits per heavy atom. The molecule has 2 aromatic carbocycles. The summed E-state index contributed by atoms with van der Waals surface area (Å²) < 4.78 is 10.2. The number of ether oxygens (including phenoxy) is 2. The van der Waals surface area contributed by atoms with E-state index in [4.69, 9.17) is 32.7 Å². The normalized spacial score (nSPS) is 10.6. The molecule has 7 heteroatoms. The standard InChI is InChI=1S/C19H17Cl2NO4/c1-2-25-14-9-6-13(7-10-14)8-11-18(24)26-12-17(23)22-19-15(20)4-3-5-16(19)21/h3-11H,2,12H2,1H3,(H,22,23)/b11-8+. The Hall–Kier alpha value is -2.50. The van der Waals surface area contributed by atoms with Gasteiger partial charge in [-0.2, -0.15) is 0 Å². The highest BCUT2D eigenvalue weighted by Gasteiger charge is 2.11. The van der Waals surface area contributed by atoms with E-state index in [0.717, 1.165) is 11.3 Å². The average molecular weight is 394 g/mol. The molecule has 2 rings (SSSR count). The lowest BCUT2D eigenvalue weighted by Gasteiger charge is -2.08. The number of carbonyl (C=O) groups excluding carboxylic acids is 2. The first-order valence-electron chi connectivity index (χ1n) is 7.81. The van der Waals surface area contributed by atoms with Crippen LogP contribution in [0.5, 0.6) is 5.75 Å². The third kappa shape index (κ3) is 6.10. The minimum Gasteiger partial charge on any atom is -0.494 e. The summed E-state index contributed by atoms with van der Waals surface area (Å²) in [5, 5.41) is 3.11. The summed E-state index contributed by atoms with van der Waals surface area (Å²) >= 11 is 11.9. The molecule has 0 saturated carbocycles. The van der Waals surface area contributed by atoms with Crippen molar-refractivity contribution in [1.82, 2.24) is 0 Å². The van der Waals surface area contributed by atoms with Gasteiger partial charge in [0.25, 0.3) is 5.91 Å². The summed E-state index contributed by atoms with van der Waals surface area (Å²) in [6, 6.07) is 12.1. The zero-order chi connectivity index (χ0) is 18.9. The summed E-state index contributed by atoms with van der Waals surface area (Å²) in [4.78, 5) is 23.6. The van der Waals surface area contributed by atoms with Gasteiger partial charge in [0.05, 0.1) is 22.3 Å². The van der Waals surface area contributed by atoms with Gasteiger partial charge in [-0.25, -0.2) is 4.79 Å². The molecule has 1 amide bonds. The van der Waals surface area contributed by atoms with Crippen LogP contribution >= 0.6 is 23.2 Å². The lowest BCUT2D eigenvalue weighted by Crippen LogP contribution is -2.20. The SMILES string of the molecule is CCOc1ccc(/C=C/C(=O)OCC(=O)Nc2c(Cl)cccc2Cl)cc1. The van der Waals surface area contributed by atoms with E-state index in [1.54, 1.807) is 48.5 Å². The molecule has 0 fully saturated rings. The van der Waals surface area contributed by atoms with E-state index in [9.17, 15) is 9.59 Å². The van der Waals surface area contributed by atoms with Crippen molar-refractivity contribution in [2.45, 2.75) is 6.92 Å². The number of halogens is 2. The van der Waals surface area contributed by atoms with E-state index in [1.807, 2.05) is 6.92 Å². The first kappa shape index (κ1) is 19.8. The number of para-hydroxylation sites is 1. The summed E-state index contributed by atoms with van der Waals surface area (Å²) in [5.41, 5.74) is 1.08. The van der Waals surface area contributed by atoms with Gasteiger partial charge in [-0.05, 0) is 42.8 Å². The van der Waals surface area contributed by atoms with Crippen molar-refractivity contribution in [3.05, 3.63) is 64.1 Å². The predicted octanol–water partition coefficient (Wildman–Crippen LogP) is 4.59. The van der Waals surface area contributed by atoms with Crippen molar-refractivity contribution in [3.63, 3.8) is 0 Å². The number of amides is 1. The van der Waals surface area contributed by atoms with Crippen LogP contribution < -0.4 is 10.1 Å². The maximum Gasteiger partial charge on any atom is 0.331 e. The van der Waals surface area contributed by atoms with Crippen molar-refractivity contribution < 1.29 is 19.1 Å². The quantitative estimate of drug-likeness (QED) is 0.551. The highest BCUT2D eigenvalue weighted by atomic mass is 35.5. The zero-order valence-corrected chi connectivity index (χ0v) is 15.5. The van der Waals surface area contributed by atoms with Crippen LogP contribution in [0.25, 0.3) is 6.08 Å². The number of anilines is 1. The minimum atomic E-state index is -0.640. The molecule has 0 radical (unpaired) electrons. The second-order valence-corrected chi connectivity index (χ2v) is 5.90. The van der Waals surface area contributed by atoms with Gasteiger partial charge < -0.3 is 14.8 Å². The molecule has 2 aromatic rings. The maximum atomic E-state index is 11.9. The third-order valence-electron chi connectivity index (χ3n) is 3.18. The van der Waals surface area contributed by atoms with Crippen LogP contribution in [0, 0.1) is 0 Å². The van der Waals surface area contributed by atoms with Crippen molar-refractivity contribution in [3.8, 4) is 5.75 Å². The smallest absolute Gasteiger partial charge is 0.331 e. The molecule has 0 spiro atoms. The summed E-state index contributed by atoms with van der Waals surface area (Å²) in [7, 11) is 0. The van der Waals surface area contributed by atoms with Gasteiger partial charge >= 0.3 is 5.97 Å². The van der Waals surface area contributed by atoms with Crippen LogP contribution in [0.15, 0.2) is 48.5 Å². The topological polar surface area (TPSA) is 64.6 Å². The number of rotatable bonds is 7.